The molecular weight excluding hydrogens is 150 g/mol. The molecule has 0 aromatic rings. The summed E-state index contributed by atoms with van der Waals surface area (Å²) in [6.07, 6.45) is 1.23. The van der Waals surface area contributed by atoms with Crippen molar-refractivity contribution in [2.75, 3.05) is 5.88 Å². The van der Waals surface area contributed by atoms with Crippen LogP contribution in [0, 0.1) is 0 Å². The van der Waals surface area contributed by atoms with Crippen LogP contribution in [0.25, 0.3) is 0 Å². The highest BCUT2D eigenvalue weighted by Crippen LogP contribution is 2.03. The van der Waals surface area contributed by atoms with Gasteiger partial charge in [0, 0.05) is 11.4 Å². The smallest absolute Gasteiger partial charge is 0.243 e. The van der Waals surface area contributed by atoms with Gasteiger partial charge in [-0.05, 0) is 19.9 Å². The van der Waals surface area contributed by atoms with Crippen LogP contribution in [0.1, 0.15) is 13.8 Å². The summed E-state index contributed by atoms with van der Waals surface area (Å²) >= 11 is 5.55. The molecule has 0 fully saturated rings. The average Bonchev–Trinajstić information content (AvgIpc) is 1.87. The minimum Gasteiger partial charge on any atom is -0.346 e. The zero-order valence-corrected chi connectivity index (χ0v) is 7.03. The highest BCUT2D eigenvalue weighted by molar-refractivity contribution is 6.18. The number of rotatable bonds is 3. The molecule has 0 aliphatic rings. The Kier molecular flexibility index (Phi) is 3.43. The topological polar surface area (TPSA) is 29.1 Å². The van der Waals surface area contributed by atoms with E-state index in [-0.39, 0.29) is 11.4 Å². The Morgan fingerprint density at radius 2 is 2.30 bits per heavy atom. The van der Waals surface area contributed by atoms with E-state index in [0.29, 0.717) is 5.88 Å². The zero-order chi connectivity index (χ0) is 8.20. The first kappa shape index (κ1) is 9.50. The van der Waals surface area contributed by atoms with Crippen molar-refractivity contribution in [3.63, 3.8) is 0 Å². The highest BCUT2D eigenvalue weighted by atomic mass is 35.5. The normalized spacial score (nSPS) is 10.7. The number of hydrogen-bond acceptors (Lipinski definition) is 1. The Balaban J connectivity index is 3.87. The number of nitrogens with one attached hydrogen (secondary N) is 1. The molecule has 0 saturated heterocycles. The highest BCUT2D eigenvalue weighted by Gasteiger charge is 2.16. The van der Waals surface area contributed by atoms with Crippen molar-refractivity contribution in [1.29, 1.82) is 0 Å². The average molecular weight is 162 g/mol. The van der Waals surface area contributed by atoms with E-state index in [9.17, 15) is 4.79 Å². The van der Waals surface area contributed by atoms with Crippen LogP contribution in [0.4, 0.5) is 0 Å². The molecule has 0 heterocycles. The largest absolute Gasteiger partial charge is 0.346 e. The fourth-order valence-electron chi connectivity index (χ4n) is 0.418. The summed E-state index contributed by atoms with van der Waals surface area (Å²) in [5, 5.41) is 2.67. The van der Waals surface area contributed by atoms with Gasteiger partial charge in [-0.2, -0.15) is 0 Å². The molecule has 0 spiro atoms. The molecule has 3 heteroatoms. The summed E-state index contributed by atoms with van der Waals surface area (Å²) in [4.78, 5) is 10.7. The van der Waals surface area contributed by atoms with E-state index < -0.39 is 0 Å². The molecule has 0 bridgehead atoms. The van der Waals surface area contributed by atoms with Crippen LogP contribution >= 0.6 is 11.6 Å². The van der Waals surface area contributed by atoms with Crippen molar-refractivity contribution in [3.05, 3.63) is 12.7 Å². The summed E-state index contributed by atoms with van der Waals surface area (Å²) in [5.74, 6) is 0.206. The van der Waals surface area contributed by atoms with Crippen molar-refractivity contribution < 1.29 is 4.79 Å². The minimum absolute atomic E-state index is 0.189. The maximum Gasteiger partial charge on any atom is 0.243 e. The van der Waals surface area contributed by atoms with Gasteiger partial charge in [0.2, 0.25) is 5.91 Å². The number of halogens is 1. The number of carbonyl (C=O) groups is 1. The van der Waals surface area contributed by atoms with E-state index in [0.717, 1.165) is 0 Å². The molecule has 0 aromatic heterocycles. The van der Waals surface area contributed by atoms with E-state index >= 15 is 0 Å². The van der Waals surface area contributed by atoms with Gasteiger partial charge in [0.25, 0.3) is 0 Å². The van der Waals surface area contributed by atoms with E-state index in [4.69, 9.17) is 11.6 Å². The molecule has 2 nitrogen and oxygen atoms in total. The van der Waals surface area contributed by atoms with E-state index in [2.05, 4.69) is 11.9 Å². The third-order valence-corrected chi connectivity index (χ3v) is 1.65. The SMILES string of the molecule is C=CC(=O)NC(C)(C)CCl. The predicted molar refractivity (Wildman–Crippen MR) is 43.1 cm³/mol. The van der Waals surface area contributed by atoms with Crippen molar-refractivity contribution in [3.8, 4) is 0 Å². The lowest BCUT2D eigenvalue weighted by Gasteiger charge is -2.21. The molecule has 0 aliphatic heterocycles. The second-order valence-electron chi connectivity index (χ2n) is 2.71. The summed E-state index contributed by atoms with van der Waals surface area (Å²) in [7, 11) is 0. The molecule has 58 valence electrons. The van der Waals surface area contributed by atoms with Gasteiger partial charge in [-0.3, -0.25) is 4.79 Å². The van der Waals surface area contributed by atoms with Crippen molar-refractivity contribution in [1.82, 2.24) is 5.32 Å². The lowest BCUT2D eigenvalue weighted by atomic mass is 10.1. The van der Waals surface area contributed by atoms with E-state index in [1.54, 1.807) is 0 Å². The standard InChI is InChI=1S/C7H12ClNO/c1-4-6(10)9-7(2,3)5-8/h4H,1,5H2,2-3H3,(H,9,10). The van der Waals surface area contributed by atoms with Crippen molar-refractivity contribution in [2.45, 2.75) is 19.4 Å². The lowest BCUT2D eigenvalue weighted by Crippen LogP contribution is -2.44. The van der Waals surface area contributed by atoms with Crippen LogP contribution in [0.2, 0.25) is 0 Å². The minimum atomic E-state index is -0.340. The molecule has 0 rings (SSSR count). The Morgan fingerprint density at radius 1 is 1.80 bits per heavy atom. The van der Waals surface area contributed by atoms with Crippen LogP contribution in [0.3, 0.4) is 0 Å². The molecule has 0 atom stereocenters. The second-order valence-corrected chi connectivity index (χ2v) is 2.98. The number of amides is 1. The lowest BCUT2D eigenvalue weighted by molar-refractivity contribution is -0.117. The predicted octanol–water partition coefficient (Wildman–Crippen LogP) is 1.31. The molecule has 0 saturated carbocycles. The van der Waals surface area contributed by atoms with Crippen LogP contribution in [-0.4, -0.2) is 17.3 Å². The maximum atomic E-state index is 10.7. The van der Waals surface area contributed by atoms with Gasteiger partial charge in [0.15, 0.2) is 0 Å². The Labute approximate surface area is 66.3 Å². The van der Waals surface area contributed by atoms with Crippen LogP contribution in [-0.2, 0) is 4.79 Å². The number of carbonyl (C=O) groups excluding carboxylic acids is 1. The van der Waals surface area contributed by atoms with Gasteiger partial charge < -0.3 is 5.32 Å². The molecule has 1 N–H and O–H groups in total. The van der Waals surface area contributed by atoms with Crippen molar-refractivity contribution in [2.24, 2.45) is 0 Å². The van der Waals surface area contributed by atoms with Crippen LogP contribution in [0.5, 0.6) is 0 Å². The van der Waals surface area contributed by atoms with Gasteiger partial charge in [0.05, 0.1) is 0 Å². The molecule has 0 aromatic carbocycles. The van der Waals surface area contributed by atoms with Gasteiger partial charge in [-0.25, -0.2) is 0 Å². The van der Waals surface area contributed by atoms with E-state index in [1.165, 1.54) is 6.08 Å². The summed E-state index contributed by atoms with van der Waals surface area (Å²) in [6.45, 7) is 7.02. The fourth-order valence-corrected chi connectivity index (χ4v) is 0.485. The zero-order valence-electron chi connectivity index (χ0n) is 6.28. The Hall–Kier alpha value is -0.500. The van der Waals surface area contributed by atoms with Gasteiger partial charge in [0.1, 0.15) is 0 Å². The van der Waals surface area contributed by atoms with Crippen LogP contribution in [0.15, 0.2) is 12.7 Å². The van der Waals surface area contributed by atoms with Crippen LogP contribution < -0.4 is 5.32 Å². The van der Waals surface area contributed by atoms with E-state index in [1.807, 2.05) is 13.8 Å². The van der Waals surface area contributed by atoms with Gasteiger partial charge in [-0.1, -0.05) is 6.58 Å². The first-order valence-electron chi connectivity index (χ1n) is 3.02. The first-order chi connectivity index (χ1) is 4.52. The summed E-state index contributed by atoms with van der Waals surface area (Å²) in [5.41, 5.74) is -0.340. The van der Waals surface area contributed by atoms with Gasteiger partial charge in [-0.15, -0.1) is 11.6 Å². The Bertz CT molecular complexity index is 143. The van der Waals surface area contributed by atoms with Crippen molar-refractivity contribution >= 4 is 17.5 Å². The molecule has 0 unspecified atom stereocenters. The number of hydrogen-bond donors (Lipinski definition) is 1. The maximum absolute atomic E-state index is 10.7. The third-order valence-electron chi connectivity index (χ3n) is 0.981. The molecule has 1 amide bonds. The summed E-state index contributed by atoms with van der Waals surface area (Å²) in [6, 6.07) is 0. The fraction of sp³-hybridized carbons (Fsp3) is 0.571. The monoisotopic (exact) mass is 161 g/mol. The second kappa shape index (κ2) is 3.62. The quantitative estimate of drug-likeness (QED) is 0.491. The summed E-state index contributed by atoms with van der Waals surface area (Å²) < 4.78 is 0. The molecule has 10 heavy (non-hydrogen) atoms. The third kappa shape index (κ3) is 3.51. The Morgan fingerprint density at radius 3 is 2.60 bits per heavy atom. The molecular formula is C7H12ClNO. The molecule has 0 aliphatic carbocycles. The molecule has 0 radical (unpaired) electrons. The number of alkyl halides is 1. The first-order valence-corrected chi connectivity index (χ1v) is 3.56. The van der Waals surface area contributed by atoms with Gasteiger partial charge >= 0.3 is 0 Å².